The number of aryl methyl sites for hydroxylation is 2. The topological polar surface area (TPSA) is 3.24 Å². The molecule has 0 aromatic heterocycles. The molecule has 3 rings (SSSR count). The summed E-state index contributed by atoms with van der Waals surface area (Å²) in [6.07, 6.45) is 3.74. The van der Waals surface area contributed by atoms with Gasteiger partial charge in [0.25, 0.3) is 0 Å². The molecule has 0 saturated carbocycles. The molecule has 0 bridgehead atoms. The van der Waals surface area contributed by atoms with Gasteiger partial charge in [0, 0.05) is 13.1 Å². The quantitative estimate of drug-likeness (QED) is 0.680. The summed E-state index contributed by atoms with van der Waals surface area (Å²) in [5.41, 5.74) is 5.65. The Morgan fingerprint density at radius 2 is 1.82 bits per heavy atom. The van der Waals surface area contributed by atoms with Gasteiger partial charge in [-0.25, -0.2) is 0 Å². The summed E-state index contributed by atoms with van der Waals surface area (Å²) < 4.78 is 0. The van der Waals surface area contributed by atoms with Crippen LogP contribution in [0.25, 0.3) is 0 Å². The number of hydrogen-bond donors (Lipinski definition) is 0. The number of hydrogen-bond acceptors (Lipinski definition) is 1. The van der Waals surface area contributed by atoms with Crippen LogP contribution >= 0.6 is 11.6 Å². The van der Waals surface area contributed by atoms with Crippen LogP contribution in [0.5, 0.6) is 0 Å². The van der Waals surface area contributed by atoms with Gasteiger partial charge in [-0.2, -0.15) is 0 Å². The van der Waals surface area contributed by atoms with Crippen molar-refractivity contribution in [3.63, 3.8) is 0 Å². The normalized spacial score (nSPS) is 15.0. The number of halogens is 1. The average Bonchev–Trinajstić information content (AvgIpc) is 3.02. The molecule has 22 heavy (non-hydrogen) atoms. The van der Waals surface area contributed by atoms with E-state index in [0.717, 1.165) is 19.6 Å². The van der Waals surface area contributed by atoms with E-state index in [1.54, 1.807) is 0 Å². The molecule has 1 aliphatic carbocycles. The van der Waals surface area contributed by atoms with Gasteiger partial charge in [-0.3, -0.25) is 4.90 Å². The molecule has 0 radical (unpaired) electrons. The second-order valence-electron chi connectivity index (χ2n) is 6.16. The lowest BCUT2D eigenvalue weighted by atomic mass is 10.0. The van der Waals surface area contributed by atoms with E-state index in [4.69, 9.17) is 11.6 Å². The van der Waals surface area contributed by atoms with Gasteiger partial charge in [0.15, 0.2) is 0 Å². The van der Waals surface area contributed by atoms with Crippen LogP contribution in [-0.2, 0) is 19.4 Å². The van der Waals surface area contributed by atoms with E-state index in [-0.39, 0.29) is 5.38 Å². The highest BCUT2D eigenvalue weighted by atomic mass is 35.5. The Hall–Kier alpha value is -1.31. The van der Waals surface area contributed by atoms with Crippen LogP contribution < -0.4 is 0 Å². The van der Waals surface area contributed by atoms with Crippen molar-refractivity contribution in [1.82, 2.24) is 4.90 Å². The van der Waals surface area contributed by atoms with Crippen LogP contribution in [0, 0.1) is 0 Å². The molecule has 0 aliphatic heterocycles. The van der Waals surface area contributed by atoms with E-state index < -0.39 is 0 Å². The number of likely N-dealkylation sites (N-methyl/N-ethyl adjacent to an activating group) is 1. The molecule has 0 N–H and O–H groups in total. The van der Waals surface area contributed by atoms with Crippen LogP contribution in [-0.4, -0.2) is 18.0 Å². The molecule has 0 heterocycles. The summed E-state index contributed by atoms with van der Waals surface area (Å²) in [7, 11) is 0. The molecule has 1 unspecified atom stereocenters. The number of nitrogens with zero attached hydrogens (tertiary/aromatic N) is 1. The molecule has 2 aromatic rings. The summed E-state index contributed by atoms with van der Waals surface area (Å²) in [5, 5.41) is 0.0644. The van der Waals surface area contributed by atoms with E-state index in [2.05, 4.69) is 60.4 Å². The molecule has 2 aromatic carbocycles. The van der Waals surface area contributed by atoms with Crippen molar-refractivity contribution in [2.24, 2.45) is 0 Å². The largest absolute Gasteiger partial charge is 0.298 e. The number of benzene rings is 2. The van der Waals surface area contributed by atoms with Crippen molar-refractivity contribution in [3.8, 4) is 0 Å². The molecule has 0 amide bonds. The van der Waals surface area contributed by atoms with Crippen molar-refractivity contribution in [1.29, 1.82) is 0 Å². The summed E-state index contributed by atoms with van der Waals surface area (Å²) in [6, 6.07) is 17.5. The Kier molecular flexibility index (Phi) is 5.17. The van der Waals surface area contributed by atoms with Gasteiger partial charge in [-0.1, -0.05) is 55.5 Å². The fourth-order valence-electron chi connectivity index (χ4n) is 3.27. The van der Waals surface area contributed by atoms with Gasteiger partial charge in [0.2, 0.25) is 0 Å². The predicted molar refractivity (Wildman–Crippen MR) is 94.5 cm³/mol. The molecular weight excluding hydrogens is 290 g/mol. The first-order chi connectivity index (χ1) is 10.8. The minimum atomic E-state index is 0.0644. The van der Waals surface area contributed by atoms with Crippen molar-refractivity contribution in [2.75, 3.05) is 13.1 Å². The van der Waals surface area contributed by atoms with Gasteiger partial charge in [0.05, 0.1) is 5.38 Å². The molecule has 2 heteroatoms. The highest BCUT2D eigenvalue weighted by Gasteiger charge is 2.16. The second-order valence-corrected chi connectivity index (χ2v) is 6.69. The second kappa shape index (κ2) is 7.30. The molecule has 0 fully saturated rings. The summed E-state index contributed by atoms with van der Waals surface area (Å²) >= 11 is 6.71. The van der Waals surface area contributed by atoms with Crippen LogP contribution in [0.2, 0.25) is 0 Å². The lowest BCUT2D eigenvalue weighted by Crippen LogP contribution is -2.26. The number of alkyl halides is 1. The number of fused-ring (bicyclic) bond motifs is 1. The van der Waals surface area contributed by atoms with Crippen LogP contribution in [0.1, 0.15) is 41.0 Å². The fourth-order valence-corrected chi connectivity index (χ4v) is 3.60. The Bertz CT molecular complexity index is 608. The Labute approximate surface area is 138 Å². The zero-order valence-electron chi connectivity index (χ0n) is 13.3. The lowest BCUT2D eigenvalue weighted by Gasteiger charge is -2.24. The molecular formula is C20H24ClN. The van der Waals surface area contributed by atoms with Crippen LogP contribution in [0.3, 0.4) is 0 Å². The summed E-state index contributed by atoms with van der Waals surface area (Å²) in [5.74, 6) is 0. The molecule has 1 aliphatic rings. The van der Waals surface area contributed by atoms with Gasteiger partial charge in [-0.15, -0.1) is 11.6 Å². The first kappa shape index (κ1) is 15.6. The highest BCUT2D eigenvalue weighted by molar-refractivity contribution is 6.21. The Morgan fingerprint density at radius 3 is 2.59 bits per heavy atom. The average molecular weight is 314 g/mol. The third-order valence-electron chi connectivity index (χ3n) is 4.60. The van der Waals surface area contributed by atoms with Gasteiger partial charge in [0.1, 0.15) is 0 Å². The van der Waals surface area contributed by atoms with E-state index in [1.165, 1.54) is 41.5 Å². The zero-order valence-corrected chi connectivity index (χ0v) is 14.0. The fraction of sp³-hybridized carbons (Fsp3) is 0.400. The van der Waals surface area contributed by atoms with E-state index >= 15 is 0 Å². The first-order valence-corrected chi connectivity index (χ1v) is 8.72. The standard InChI is InChI=1S/C20H24ClN/c1-2-22(14-16-7-4-3-5-8-16)15-20(21)19-12-11-17-9-6-10-18(17)13-19/h3-5,7-8,11-13,20H,2,6,9-10,14-15H2,1H3. The molecule has 0 saturated heterocycles. The maximum atomic E-state index is 6.71. The smallest absolute Gasteiger partial charge is 0.0712 e. The zero-order chi connectivity index (χ0) is 15.4. The third-order valence-corrected chi connectivity index (χ3v) is 4.99. The minimum absolute atomic E-state index is 0.0644. The lowest BCUT2D eigenvalue weighted by molar-refractivity contribution is 0.280. The van der Waals surface area contributed by atoms with Crippen LogP contribution in [0.4, 0.5) is 0 Å². The SMILES string of the molecule is CCN(Cc1ccccc1)CC(Cl)c1ccc2c(c1)CCC2. The van der Waals surface area contributed by atoms with E-state index in [1.807, 2.05) is 0 Å². The highest BCUT2D eigenvalue weighted by Crippen LogP contribution is 2.28. The van der Waals surface area contributed by atoms with Gasteiger partial charge < -0.3 is 0 Å². The maximum Gasteiger partial charge on any atom is 0.0712 e. The maximum absolute atomic E-state index is 6.71. The van der Waals surface area contributed by atoms with E-state index in [9.17, 15) is 0 Å². The predicted octanol–water partition coefficient (Wildman–Crippen LogP) is 4.98. The molecule has 116 valence electrons. The minimum Gasteiger partial charge on any atom is -0.298 e. The van der Waals surface area contributed by atoms with Crippen LogP contribution in [0.15, 0.2) is 48.5 Å². The first-order valence-electron chi connectivity index (χ1n) is 8.28. The Balaban J connectivity index is 1.65. The van der Waals surface area contributed by atoms with Crippen molar-refractivity contribution >= 4 is 11.6 Å². The Morgan fingerprint density at radius 1 is 1.05 bits per heavy atom. The third kappa shape index (κ3) is 3.71. The van der Waals surface area contributed by atoms with E-state index in [0.29, 0.717) is 0 Å². The monoisotopic (exact) mass is 313 g/mol. The number of rotatable bonds is 6. The van der Waals surface area contributed by atoms with Gasteiger partial charge in [-0.05, 0) is 48.1 Å². The summed E-state index contributed by atoms with van der Waals surface area (Å²) in [4.78, 5) is 2.42. The molecule has 1 nitrogen and oxygen atoms in total. The van der Waals surface area contributed by atoms with Gasteiger partial charge >= 0.3 is 0 Å². The summed E-state index contributed by atoms with van der Waals surface area (Å²) in [6.45, 7) is 5.08. The van der Waals surface area contributed by atoms with Crippen molar-refractivity contribution in [2.45, 2.75) is 38.1 Å². The molecule has 0 spiro atoms. The molecule has 1 atom stereocenters. The van der Waals surface area contributed by atoms with Crippen molar-refractivity contribution < 1.29 is 0 Å². The van der Waals surface area contributed by atoms with Crippen molar-refractivity contribution in [3.05, 3.63) is 70.8 Å².